The molecule has 14 rings (SSSR count). The molecule has 1 heteroatoms. The third-order valence-electron chi connectivity index (χ3n) is 15.1. The quantitative estimate of drug-likeness (QED) is 0.147. The van der Waals surface area contributed by atoms with Crippen molar-refractivity contribution in [2.45, 2.75) is 23.2 Å². The Labute approximate surface area is 440 Å². The maximum Gasteiger partial charge on any atom is 0.0714 e. The van der Waals surface area contributed by atoms with Crippen molar-refractivity contribution in [3.8, 4) is 33.4 Å². The second kappa shape index (κ2) is 15.9. The molecule has 0 fully saturated rings. The number of hydrogen-bond acceptors (Lipinski definition) is 1. The first-order valence-electron chi connectivity index (χ1n) is 32.0. The Morgan fingerprint density at radius 1 is 0.296 bits per heavy atom. The van der Waals surface area contributed by atoms with Crippen LogP contribution in [0, 0.1) is 0 Å². The molecule has 0 aliphatic heterocycles. The minimum Gasteiger partial charge on any atom is -0.310 e. The van der Waals surface area contributed by atoms with Gasteiger partial charge in [-0.25, -0.2) is 0 Å². The molecule has 1 unspecified atom stereocenters. The SMILES string of the molecule is [2H]c1c([2H])c([2H])c(C2(c3c([2H])c([2H])c([2H])c([2H])c3[2H])c3c([2H])c([2H])c([2H])c([2H])c3-c3c([2H])c([2H])c(N(c4ccc5c(c4)C(C)(c4ccccc4)c4ccccc4-5)c4ccc5c(c4)C(c4ccccc4)(c4ccccc4)c4ccccc4-5)c([2H])c32)c([2H])c1[2H]. The van der Waals surface area contributed by atoms with E-state index in [4.69, 9.17) is 4.11 Å². The van der Waals surface area contributed by atoms with Gasteiger partial charge in [0.2, 0.25) is 0 Å². The van der Waals surface area contributed by atoms with Gasteiger partial charge in [-0.3, -0.25) is 0 Å². The average molecular weight is 921 g/mol. The van der Waals surface area contributed by atoms with Gasteiger partial charge in [-0.1, -0.05) is 242 Å². The molecule has 11 aromatic rings. The van der Waals surface area contributed by atoms with Crippen molar-refractivity contribution in [3.05, 3.63) is 340 Å². The van der Waals surface area contributed by atoms with Crippen LogP contribution in [-0.2, 0) is 16.2 Å². The van der Waals surface area contributed by atoms with Crippen LogP contribution in [0.4, 0.5) is 17.1 Å². The van der Waals surface area contributed by atoms with Gasteiger partial charge in [0.15, 0.2) is 0 Å². The van der Waals surface area contributed by atoms with Crippen molar-refractivity contribution in [2.24, 2.45) is 0 Å². The number of anilines is 3. The summed E-state index contributed by atoms with van der Waals surface area (Å²) in [5, 5.41) is 0. The predicted octanol–water partition coefficient (Wildman–Crippen LogP) is 17.2. The fraction of sp³-hybridized carbons (Fsp3) is 0.0571. The van der Waals surface area contributed by atoms with Crippen LogP contribution in [0.25, 0.3) is 33.4 Å². The summed E-state index contributed by atoms with van der Waals surface area (Å²) in [5.41, 5.74) is 1.93. The van der Waals surface area contributed by atoms with Crippen LogP contribution in [-0.4, -0.2) is 0 Å². The fourth-order valence-corrected chi connectivity index (χ4v) is 12.1. The second-order valence-corrected chi connectivity index (χ2v) is 18.3. The summed E-state index contributed by atoms with van der Waals surface area (Å²) in [5.74, 6) is 0. The van der Waals surface area contributed by atoms with Gasteiger partial charge in [-0.15, -0.1) is 0 Å². The van der Waals surface area contributed by atoms with Crippen molar-refractivity contribution in [3.63, 3.8) is 0 Å². The van der Waals surface area contributed by atoms with E-state index in [1.54, 1.807) is 4.90 Å². The molecule has 0 bridgehead atoms. The summed E-state index contributed by atoms with van der Waals surface area (Å²) < 4.78 is 164. The molecule has 0 radical (unpaired) electrons. The minimum atomic E-state index is -3.01. The zero-order valence-corrected chi connectivity index (χ0v) is 38.2. The highest BCUT2D eigenvalue weighted by Crippen LogP contribution is 2.60. The number of benzene rings is 11. The van der Waals surface area contributed by atoms with Gasteiger partial charge in [0.05, 0.1) is 34.1 Å². The minimum absolute atomic E-state index is 0.340. The molecule has 11 aromatic carbocycles. The third-order valence-corrected chi connectivity index (χ3v) is 15.1. The zero-order valence-electron chi connectivity index (χ0n) is 55.2. The molecule has 0 aromatic heterocycles. The van der Waals surface area contributed by atoms with E-state index in [-0.39, 0.29) is 5.69 Å². The number of hydrogen-bond donors (Lipinski definition) is 0. The summed E-state index contributed by atoms with van der Waals surface area (Å²) in [6, 6.07) is 43.1. The van der Waals surface area contributed by atoms with Crippen LogP contribution >= 0.6 is 0 Å². The molecular weight excluding hydrogens is 855 g/mol. The van der Waals surface area contributed by atoms with Crippen LogP contribution < -0.4 is 4.90 Å². The summed E-state index contributed by atoms with van der Waals surface area (Å²) in [6.45, 7) is 2.13. The topological polar surface area (TPSA) is 3.24 Å². The van der Waals surface area contributed by atoms with Crippen molar-refractivity contribution in [2.75, 3.05) is 4.90 Å². The molecule has 0 saturated heterocycles. The molecule has 334 valence electrons. The van der Waals surface area contributed by atoms with E-state index < -0.39 is 152 Å². The Morgan fingerprint density at radius 2 is 0.746 bits per heavy atom. The highest BCUT2D eigenvalue weighted by atomic mass is 15.1. The van der Waals surface area contributed by atoms with Crippen molar-refractivity contribution in [1.82, 2.24) is 0 Å². The summed E-state index contributed by atoms with van der Waals surface area (Å²) in [4.78, 5) is 1.66. The van der Waals surface area contributed by atoms with Gasteiger partial charge in [0, 0.05) is 22.5 Å². The van der Waals surface area contributed by atoms with Crippen molar-refractivity contribution < 1.29 is 23.3 Å². The molecule has 3 aliphatic rings. The first kappa shape index (κ1) is 27.4. The fourth-order valence-electron chi connectivity index (χ4n) is 12.1. The zero-order chi connectivity index (χ0) is 61.9. The maximum atomic E-state index is 11.2. The molecule has 0 heterocycles. The van der Waals surface area contributed by atoms with E-state index in [1.807, 2.05) is 115 Å². The summed E-state index contributed by atoms with van der Waals surface area (Å²) in [6.07, 6.45) is 0. The Balaban J connectivity index is 1.19. The number of fused-ring (bicyclic) bond motifs is 9. The summed E-state index contributed by atoms with van der Waals surface area (Å²) in [7, 11) is 0. The molecule has 0 amide bonds. The largest absolute Gasteiger partial charge is 0.310 e. The molecule has 3 aliphatic carbocycles. The lowest BCUT2D eigenvalue weighted by molar-refractivity contribution is 0.714. The van der Waals surface area contributed by atoms with Crippen LogP contribution in [0.15, 0.2) is 279 Å². The number of nitrogens with zero attached hydrogens (tertiary/aromatic N) is 1. The van der Waals surface area contributed by atoms with E-state index in [9.17, 15) is 19.2 Å². The van der Waals surface area contributed by atoms with Gasteiger partial charge in [-0.05, 0) is 138 Å². The Kier molecular flexibility index (Phi) is 6.13. The van der Waals surface area contributed by atoms with E-state index >= 15 is 0 Å². The molecule has 1 atom stereocenters. The van der Waals surface area contributed by atoms with E-state index in [1.165, 1.54) is 0 Å². The van der Waals surface area contributed by atoms with Gasteiger partial charge in [0.1, 0.15) is 0 Å². The lowest BCUT2D eigenvalue weighted by Crippen LogP contribution is -2.29. The van der Waals surface area contributed by atoms with Crippen molar-refractivity contribution >= 4 is 17.1 Å². The molecule has 0 saturated carbocycles. The monoisotopic (exact) mass is 920 g/mol. The molecule has 71 heavy (non-hydrogen) atoms. The van der Waals surface area contributed by atoms with E-state index in [0.29, 0.717) is 11.4 Å². The van der Waals surface area contributed by atoms with Gasteiger partial charge >= 0.3 is 0 Å². The summed E-state index contributed by atoms with van der Waals surface area (Å²) >= 11 is 0. The van der Waals surface area contributed by atoms with Gasteiger partial charge in [-0.2, -0.15) is 0 Å². The smallest absolute Gasteiger partial charge is 0.0714 e. The average Bonchev–Trinajstić information content (AvgIpc) is 1.44. The normalized spacial score (nSPS) is 19.3. The lowest BCUT2D eigenvalue weighted by atomic mass is 9.67. The first-order chi connectivity index (χ1) is 42.2. The first-order valence-corrected chi connectivity index (χ1v) is 23.5. The Morgan fingerprint density at radius 3 is 1.37 bits per heavy atom. The van der Waals surface area contributed by atoms with Crippen LogP contribution in [0.3, 0.4) is 0 Å². The van der Waals surface area contributed by atoms with E-state index in [0.717, 1.165) is 61.2 Å². The molecule has 0 N–H and O–H groups in total. The molecule has 1 nitrogen and oxygen atoms in total. The van der Waals surface area contributed by atoms with E-state index in [2.05, 4.69) is 67.6 Å². The molecular formula is C70H49N. The maximum absolute atomic E-state index is 11.2. The number of rotatable bonds is 8. The Bertz CT molecular complexity index is 4690. The van der Waals surface area contributed by atoms with Crippen LogP contribution in [0.5, 0.6) is 0 Å². The van der Waals surface area contributed by atoms with Crippen LogP contribution in [0.1, 0.15) is 91.4 Å². The highest BCUT2D eigenvalue weighted by molar-refractivity contribution is 5.93. The van der Waals surface area contributed by atoms with Crippen molar-refractivity contribution in [1.29, 1.82) is 0 Å². The second-order valence-electron chi connectivity index (χ2n) is 18.3. The van der Waals surface area contributed by atoms with Gasteiger partial charge in [0.25, 0.3) is 0 Å². The van der Waals surface area contributed by atoms with Gasteiger partial charge < -0.3 is 4.90 Å². The van der Waals surface area contributed by atoms with Crippen LogP contribution in [0.2, 0.25) is 0 Å². The standard InChI is InChI=1S/C70H49N/c1-68(48-23-7-2-8-24-48)62-36-20-17-33-56(62)59-42-39-53(45-65(59)68)71(54-40-43-60-57-34-18-21-37-63(57)69(66(60)46-54,49-25-9-3-10-26-49)50-27-11-4-12-28-50)55-41-44-61-58-35-19-22-38-64(58)70(67(61)47-55,51-29-13-5-14-30-51)52-31-15-6-16-32-52/h2-47H,1H3/i3D,4D,9D,10D,11D,12D,18D,21D,25D,26D,27D,28D,34D,37D,40D,43D,46D. The third kappa shape index (κ3) is 5.75. The molecule has 0 spiro atoms. The highest BCUT2D eigenvalue weighted by Gasteiger charge is 2.48. The lowest BCUT2D eigenvalue weighted by Gasteiger charge is -2.36. The predicted molar refractivity (Wildman–Crippen MR) is 293 cm³/mol. The Hall–Kier alpha value is -8.78.